The van der Waals surface area contributed by atoms with Gasteiger partial charge in [0.1, 0.15) is 15.7 Å². The van der Waals surface area contributed by atoms with E-state index in [1.807, 2.05) is 36.4 Å². The molecule has 0 fully saturated rings. The lowest BCUT2D eigenvalue weighted by Crippen LogP contribution is -2.01. The van der Waals surface area contributed by atoms with Gasteiger partial charge in [0, 0.05) is 17.0 Å². The van der Waals surface area contributed by atoms with Crippen molar-refractivity contribution < 1.29 is 4.42 Å². The largest absolute Gasteiger partial charge is 0.422 e. The van der Waals surface area contributed by atoms with Crippen LogP contribution in [0.3, 0.4) is 0 Å². The maximum absolute atomic E-state index is 11.7. The molecule has 6 heteroatoms. The Hall–Kier alpha value is -3.25. The van der Waals surface area contributed by atoms with Crippen LogP contribution >= 0.6 is 15.9 Å². The minimum atomic E-state index is -0.412. The monoisotopic (exact) mass is 417 g/mol. The van der Waals surface area contributed by atoms with Gasteiger partial charge in [-0.3, -0.25) is 0 Å². The summed E-state index contributed by atoms with van der Waals surface area (Å²) in [5.74, 6) is 0. The number of hydrogen-bond acceptors (Lipinski definition) is 4. The van der Waals surface area contributed by atoms with Crippen molar-refractivity contribution in [1.82, 2.24) is 15.0 Å². The molecule has 0 unspecified atom stereocenters. The summed E-state index contributed by atoms with van der Waals surface area (Å²) < 4.78 is 5.73. The molecule has 5 rings (SSSR count). The standard InChI is InChI=1S/C21H12BrN3O2/c22-18-10-14-8-9-15(11-20(14)27-21(18)26)25-23-12-19(24-25)17-7-3-5-13-4-1-2-6-16(13)17/h1-12H. The van der Waals surface area contributed by atoms with Gasteiger partial charge >= 0.3 is 5.63 Å². The molecule has 0 bridgehead atoms. The number of benzene rings is 3. The van der Waals surface area contributed by atoms with E-state index in [9.17, 15) is 4.79 Å². The number of fused-ring (bicyclic) bond motifs is 2. The molecule has 2 heterocycles. The molecule has 3 aromatic carbocycles. The van der Waals surface area contributed by atoms with Gasteiger partial charge in [0.25, 0.3) is 0 Å². The summed E-state index contributed by atoms with van der Waals surface area (Å²) in [6.45, 7) is 0. The Morgan fingerprint density at radius 1 is 0.926 bits per heavy atom. The Kier molecular flexibility index (Phi) is 3.65. The highest BCUT2D eigenvalue weighted by molar-refractivity contribution is 9.10. The minimum absolute atomic E-state index is 0.401. The average molecular weight is 418 g/mol. The Balaban J connectivity index is 1.62. The molecule has 0 aliphatic heterocycles. The number of nitrogens with zero attached hydrogens (tertiary/aromatic N) is 3. The van der Waals surface area contributed by atoms with Crippen LogP contribution < -0.4 is 5.63 Å². The van der Waals surface area contributed by atoms with Crippen molar-refractivity contribution in [2.75, 3.05) is 0 Å². The molecule has 0 amide bonds. The number of hydrogen-bond donors (Lipinski definition) is 0. The highest BCUT2D eigenvalue weighted by Gasteiger charge is 2.10. The van der Waals surface area contributed by atoms with E-state index in [1.165, 1.54) is 0 Å². The lowest BCUT2D eigenvalue weighted by Gasteiger charge is -2.04. The quantitative estimate of drug-likeness (QED) is 0.381. The molecule has 0 saturated heterocycles. The van der Waals surface area contributed by atoms with E-state index in [0.29, 0.717) is 10.1 Å². The zero-order valence-corrected chi connectivity index (χ0v) is 15.6. The van der Waals surface area contributed by atoms with E-state index in [2.05, 4.69) is 44.3 Å². The molecule has 0 radical (unpaired) electrons. The first-order chi connectivity index (χ1) is 13.2. The molecule has 2 aromatic heterocycles. The van der Waals surface area contributed by atoms with Crippen LogP contribution in [-0.4, -0.2) is 15.0 Å². The van der Waals surface area contributed by atoms with Crippen molar-refractivity contribution in [2.24, 2.45) is 0 Å². The molecular weight excluding hydrogens is 406 g/mol. The first kappa shape index (κ1) is 16.0. The number of halogens is 1. The fourth-order valence-electron chi connectivity index (χ4n) is 3.16. The van der Waals surface area contributed by atoms with Crippen LogP contribution in [0, 0.1) is 0 Å². The SMILES string of the molecule is O=c1oc2cc(-n3ncc(-c4cccc5ccccc45)n3)ccc2cc1Br. The summed E-state index contributed by atoms with van der Waals surface area (Å²) in [5, 5.41) is 12.1. The maximum Gasteiger partial charge on any atom is 0.350 e. The average Bonchev–Trinajstić information content (AvgIpc) is 3.18. The van der Waals surface area contributed by atoms with Crippen LogP contribution in [0.4, 0.5) is 0 Å². The summed E-state index contributed by atoms with van der Waals surface area (Å²) >= 11 is 3.19. The topological polar surface area (TPSA) is 60.9 Å². The molecule has 5 nitrogen and oxygen atoms in total. The van der Waals surface area contributed by atoms with Gasteiger partial charge in [-0.15, -0.1) is 5.10 Å². The lowest BCUT2D eigenvalue weighted by atomic mass is 10.0. The molecule has 0 saturated carbocycles. The van der Waals surface area contributed by atoms with E-state index in [0.717, 1.165) is 33.1 Å². The van der Waals surface area contributed by atoms with Crippen LogP contribution in [0.2, 0.25) is 0 Å². The lowest BCUT2D eigenvalue weighted by molar-refractivity contribution is 0.556. The van der Waals surface area contributed by atoms with Crippen LogP contribution in [-0.2, 0) is 0 Å². The highest BCUT2D eigenvalue weighted by Crippen LogP contribution is 2.27. The molecule has 0 aliphatic rings. The van der Waals surface area contributed by atoms with Crippen molar-refractivity contribution in [3.05, 3.63) is 87.8 Å². The van der Waals surface area contributed by atoms with Gasteiger partial charge in [-0.25, -0.2) is 4.79 Å². The van der Waals surface area contributed by atoms with Crippen molar-refractivity contribution in [3.8, 4) is 16.9 Å². The number of rotatable bonds is 2. The Morgan fingerprint density at radius 2 is 1.78 bits per heavy atom. The molecule has 27 heavy (non-hydrogen) atoms. The molecule has 5 aromatic rings. The molecule has 130 valence electrons. The molecular formula is C21H12BrN3O2. The second-order valence-corrected chi connectivity index (χ2v) is 7.00. The summed E-state index contributed by atoms with van der Waals surface area (Å²) in [5.41, 5.74) is 2.61. The van der Waals surface area contributed by atoms with Gasteiger partial charge in [0.05, 0.1) is 11.9 Å². The summed E-state index contributed by atoms with van der Waals surface area (Å²) in [6, 6.07) is 21.6. The molecule has 0 N–H and O–H groups in total. The molecule has 0 spiro atoms. The third kappa shape index (κ3) is 2.74. The van der Waals surface area contributed by atoms with Gasteiger partial charge in [-0.05, 0) is 44.9 Å². The van der Waals surface area contributed by atoms with Crippen molar-refractivity contribution in [1.29, 1.82) is 0 Å². The second-order valence-electron chi connectivity index (χ2n) is 6.15. The Bertz CT molecular complexity index is 1370. The number of aromatic nitrogens is 3. The summed E-state index contributed by atoms with van der Waals surface area (Å²) in [4.78, 5) is 13.3. The normalized spacial score (nSPS) is 11.3. The van der Waals surface area contributed by atoms with Gasteiger partial charge in [-0.2, -0.15) is 9.90 Å². The second kappa shape index (κ2) is 6.17. The predicted molar refractivity (Wildman–Crippen MR) is 108 cm³/mol. The minimum Gasteiger partial charge on any atom is -0.422 e. The van der Waals surface area contributed by atoms with E-state index in [-0.39, 0.29) is 0 Å². The van der Waals surface area contributed by atoms with Gasteiger partial charge < -0.3 is 4.42 Å². The van der Waals surface area contributed by atoms with E-state index in [1.54, 1.807) is 23.1 Å². The first-order valence-electron chi connectivity index (χ1n) is 8.33. The summed E-state index contributed by atoms with van der Waals surface area (Å²) in [7, 11) is 0. The zero-order valence-electron chi connectivity index (χ0n) is 14.0. The third-order valence-electron chi connectivity index (χ3n) is 4.47. The van der Waals surface area contributed by atoms with E-state index in [4.69, 9.17) is 4.42 Å². The molecule has 0 atom stereocenters. The smallest absolute Gasteiger partial charge is 0.350 e. The predicted octanol–water partition coefficient (Wildman–Crippen LogP) is 4.96. The van der Waals surface area contributed by atoms with Crippen LogP contribution in [0.25, 0.3) is 38.7 Å². The van der Waals surface area contributed by atoms with Gasteiger partial charge in [0.2, 0.25) is 0 Å². The maximum atomic E-state index is 11.7. The van der Waals surface area contributed by atoms with Crippen molar-refractivity contribution >= 4 is 37.7 Å². The molecule has 0 aliphatic carbocycles. The fraction of sp³-hybridized carbons (Fsp3) is 0. The van der Waals surface area contributed by atoms with E-state index >= 15 is 0 Å². The van der Waals surface area contributed by atoms with Crippen LogP contribution in [0.5, 0.6) is 0 Å². The van der Waals surface area contributed by atoms with Crippen LogP contribution in [0.1, 0.15) is 0 Å². The zero-order chi connectivity index (χ0) is 18.4. The van der Waals surface area contributed by atoms with E-state index < -0.39 is 5.63 Å². The third-order valence-corrected chi connectivity index (χ3v) is 5.02. The fourth-order valence-corrected chi connectivity index (χ4v) is 3.49. The first-order valence-corrected chi connectivity index (χ1v) is 9.13. The van der Waals surface area contributed by atoms with Crippen molar-refractivity contribution in [2.45, 2.75) is 0 Å². The van der Waals surface area contributed by atoms with Crippen molar-refractivity contribution in [3.63, 3.8) is 0 Å². The highest BCUT2D eigenvalue weighted by atomic mass is 79.9. The van der Waals surface area contributed by atoms with Gasteiger partial charge in [-0.1, -0.05) is 42.5 Å². The van der Waals surface area contributed by atoms with Crippen LogP contribution in [0.15, 0.2) is 86.6 Å². The Labute approximate surface area is 162 Å². The Morgan fingerprint density at radius 3 is 2.70 bits per heavy atom. The summed E-state index contributed by atoms with van der Waals surface area (Å²) in [6.07, 6.45) is 1.74. The van der Waals surface area contributed by atoms with Gasteiger partial charge in [0.15, 0.2) is 0 Å².